The Bertz CT molecular complexity index is 703. The number of anilines is 1. The van der Waals surface area contributed by atoms with Gasteiger partial charge in [-0.3, -0.25) is 4.79 Å². The number of benzene rings is 2. The average molecular weight is 345 g/mol. The van der Waals surface area contributed by atoms with E-state index in [0.717, 1.165) is 22.6 Å². The molecular formula is C19H23NO3S. The molecule has 2 aromatic carbocycles. The number of rotatable bonds is 7. The highest BCUT2D eigenvalue weighted by atomic mass is 32.2. The van der Waals surface area contributed by atoms with Gasteiger partial charge >= 0.3 is 0 Å². The maximum Gasteiger partial charge on any atom is 0.237 e. The van der Waals surface area contributed by atoms with Crippen molar-refractivity contribution >= 4 is 23.4 Å². The van der Waals surface area contributed by atoms with Crippen LogP contribution in [0.1, 0.15) is 19.4 Å². The fourth-order valence-corrected chi connectivity index (χ4v) is 3.23. The molecule has 0 aliphatic heterocycles. The molecule has 1 unspecified atom stereocenters. The highest BCUT2D eigenvalue weighted by Gasteiger charge is 2.16. The van der Waals surface area contributed by atoms with Gasteiger partial charge < -0.3 is 14.8 Å². The lowest BCUT2D eigenvalue weighted by molar-refractivity contribution is -0.115. The Kier molecular flexibility index (Phi) is 6.55. The van der Waals surface area contributed by atoms with Crippen LogP contribution in [0.25, 0.3) is 0 Å². The summed E-state index contributed by atoms with van der Waals surface area (Å²) in [7, 11) is 3.20. The van der Waals surface area contributed by atoms with E-state index >= 15 is 0 Å². The van der Waals surface area contributed by atoms with Crippen LogP contribution in [0.3, 0.4) is 0 Å². The molecule has 0 bridgehead atoms. The van der Waals surface area contributed by atoms with E-state index in [1.807, 2.05) is 49.4 Å². The van der Waals surface area contributed by atoms with E-state index < -0.39 is 0 Å². The lowest BCUT2D eigenvalue weighted by Crippen LogP contribution is -2.23. The number of methoxy groups -OCH3 is 2. The van der Waals surface area contributed by atoms with Crippen LogP contribution < -0.4 is 14.8 Å². The predicted molar refractivity (Wildman–Crippen MR) is 99.3 cm³/mol. The zero-order valence-corrected chi connectivity index (χ0v) is 15.3. The van der Waals surface area contributed by atoms with Crippen molar-refractivity contribution in [1.29, 1.82) is 0 Å². The number of hydrogen-bond acceptors (Lipinski definition) is 4. The van der Waals surface area contributed by atoms with Crippen molar-refractivity contribution in [3.05, 3.63) is 48.0 Å². The predicted octanol–water partition coefficient (Wildman–Crippen LogP) is 4.39. The van der Waals surface area contributed by atoms with Crippen molar-refractivity contribution < 1.29 is 14.3 Å². The molecule has 5 heteroatoms. The second-order valence-corrected chi connectivity index (χ2v) is 6.69. The minimum Gasteiger partial charge on any atom is -0.493 e. The zero-order valence-electron chi connectivity index (χ0n) is 14.5. The normalized spacial score (nSPS) is 11.7. The van der Waals surface area contributed by atoms with E-state index in [0.29, 0.717) is 11.5 Å². The first kappa shape index (κ1) is 18.2. The summed E-state index contributed by atoms with van der Waals surface area (Å²) in [6, 6.07) is 13.5. The number of carbonyl (C=O) groups is 1. The van der Waals surface area contributed by atoms with Crippen LogP contribution in [0.4, 0.5) is 5.69 Å². The van der Waals surface area contributed by atoms with Gasteiger partial charge in [0.25, 0.3) is 0 Å². The number of carbonyl (C=O) groups excluding carboxylic acids is 1. The summed E-state index contributed by atoms with van der Waals surface area (Å²) in [5, 5.41) is 2.79. The maximum absolute atomic E-state index is 12.5. The van der Waals surface area contributed by atoms with Gasteiger partial charge in [0.1, 0.15) is 0 Å². The number of aryl methyl sites for hydroxylation is 1. The Morgan fingerprint density at radius 3 is 2.50 bits per heavy atom. The van der Waals surface area contributed by atoms with Crippen LogP contribution in [0.15, 0.2) is 47.4 Å². The zero-order chi connectivity index (χ0) is 17.5. The largest absolute Gasteiger partial charge is 0.493 e. The molecule has 0 aromatic heterocycles. The van der Waals surface area contributed by atoms with Crippen LogP contribution in [-0.4, -0.2) is 25.4 Å². The SMILES string of the molecule is CCc1ccccc1NC(=O)C(C)Sc1ccc(OC)c(OC)c1. The lowest BCUT2D eigenvalue weighted by Gasteiger charge is -2.15. The molecule has 1 atom stereocenters. The molecular weight excluding hydrogens is 322 g/mol. The maximum atomic E-state index is 12.5. The second-order valence-electron chi connectivity index (χ2n) is 5.28. The molecule has 0 saturated heterocycles. The number of nitrogens with one attached hydrogen (secondary N) is 1. The molecule has 0 radical (unpaired) electrons. The van der Waals surface area contributed by atoms with E-state index in [1.54, 1.807) is 14.2 Å². The van der Waals surface area contributed by atoms with Gasteiger partial charge in [0.2, 0.25) is 5.91 Å². The van der Waals surface area contributed by atoms with Crippen LogP contribution in [-0.2, 0) is 11.2 Å². The lowest BCUT2D eigenvalue weighted by atomic mass is 10.1. The van der Waals surface area contributed by atoms with Gasteiger partial charge in [0, 0.05) is 10.6 Å². The summed E-state index contributed by atoms with van der Waals surface area (Å²) in [5.74, 6) is 1.32. The van der Waals surface area contributed by atoms with E-state index in [9.17, 15) is 4.79 Å². The first-order chi connectivity index (χ1) is 11.6. The standard InChI is InChI=1S/C19H23NO3S/c1-5-14-8-6-7-9-16(14)20-19(21)13(2)24-15-10-11-17(22-3)18(12-15)23-4/h6-13H,5H2,1-4H3,(H,20,21). The smallest absolute Gasteiger partial charge is 0.237 e. The third kappa shape index (κ3) is 4.45. The van der Waals surface area contributed by atoms with Gasteiger partial charge in [-0.2, -0.15) is 0 Å². The van der Waals surface area contributed by atoms with E-state index in [-0.39, 0.29) is 11.2 Å². The third-order valence-corrected chi connectivity index (χ3v) is 4.79. The monoisotopic (exact) mass is 345 g/mol. The van der Waals surface area contributed by atoms with Crippen molar-refractivity contribution in [1.82, 2.24) is 0 Å². The quantitative estimate of drug-likeness (QED) is 0.756. The van der Waals surface area contributed by atoms with Gasteiger partial charge in [0.05, 0.1) is 19.5 Å². The topological polar surface area (TPSA) is 47.6 Å². The summed E-state index contributed by atoms with van der Waals surface area (Å²) in [5.41, 5.74) is 2.01. The van der Waals surface area contributed by atoms with Gasteiger partial charge in [0.15, 0.2) is 11.5 Å². The van der Waals surface area contributed by atoms with Gasteiger partial charge in [-0.25, -0.2) is 0 Å². The molecule has 0 heterocycles. The number of para-hydroxylation sites is 1. The summed E-state index contributed by atoms with van der Waals surface area (Å²) >= 11 is 1.49. The Hall–Kier alpha value is -2.14. The minimum absolute atomic E-state index is 0.0179. The van der Waals surface area contributed by atoms with E-state index in [4.69, 9.17) is 9.47 Å². The summed E-state index contributed by atoms with van der Waals surface area (Å²) in [6.07, 6.45) is 0.883. The molecule has 0 aliphatic carbocycles. The molecule has 0 saturated carbocycles. The number of ether oxygens (including phenoxy) is 2. The van der Waals surface area contributed by atoms with Gasteiger partial charge in [-0.05, 0) is 43.2 Å². The first-order valence-corrected chi connectivity index (χ1v) is 8.74. The molecule has 0 spiro atoms. The Morgan fingerprint density at radius 2 is 1.83 bits per heavy atom. The molecule has 0 fully saturated rings. The van der Waals surface area contributed by atoms with Crippen molar-refractivity contribution in [3.63, 3.8) is 0 Å². The molecule has 1 N–H and O–H groups in total. The number of amides is 1. The molecule has 2 aromatic rings. The summed E-state index contributed by atoms with van der Waals surface area (Å²) < 4.78 is 10.5. The fourth-order valence-electron chi connectivity index (χ4n) is 2.33. The first-order valence-electron chi connectivity index (χ1n) is 7.86. The second kappa shape index (κ2) is 8.64. The van der Waals surface area contributed by atoms with E-state index in [2.05, 4.69) is 12.2 Å². The van der Waals surface area contributed by atoms with Crippen molar-refractivity contribution in [2.45, 2.75) is 30.4 Å². The Labute approximate surface area is 147 Å². The minimum atomic E-state index is -0.229. The molecule has 0 aliphatic rings. The average Bonchev–Trinajstić information content (AvgIpc) is 2.61. The fraction of sp³-hybridized carbons (Fsp3) is 0.316. The van der Waals surface area contributed by atoms with Crippen LogP contribution in [0, 0.1) is 0 Å². The molecule has 128 valence electrons. The number of thioether (sulfide) groups is 1. The van der Waals surface area contributed by atoms with Crippen molar-refractivity contribution in [2.24, 2.45) is 0 Å². The van der Waals surface area contributed by atoms with Crippen LogP contribution in [0.2, 0.25) is 0 Å². The third-order valence-electron chi connectivity index (χ3n) is 3.69. The van der Waals surface area contributed by atoms with Crippen LogP contribution in [0.5, 0.6) is 11.5 Å². The van der Waals surface area contributed by atoms with Crippen molar-refractivity contribution in [2.75, 3.05) is 19.5 Å². The summed E-state index contributed by atoms with van der Waals surface area (Å²) in [4.78, 5) is 13.4. The van der Waals surface area contributed by atoms with Gasteiger partial charge in [-0.15, -0.1) is 11.8 Å². The van der Waals surface area contributed by atoms with Gasteiger partial charge in [-0.1, -0.05) is 25.1 Å². The molecule has 1 amide bonds. The van der Waals surface area contributed by atoms with Crippen molar-refractivity contribution in [3.8, 4) is 11.5 Å². The molecule has 24 heavy (non-hydrogen) atoms. The molecule has 4 nitrogen and oxygen atoms in total. The number of hydrogen-bond donors (Lipinski definition) is 1. The van der Waals surface area contributed by atoms with Crippen LogP contribution >= 0.6 is 11.8 Å². The Balaban J connectivity index is 2.06. The van der Waals surface area contributed by atoms with E-state index in [1.165, 1.54) is 11.8 Å². The highest BCUT2D eigenvalue weighted by molar-refractivity contribution is 8.00. The highest BCUT2D eigenvalue weighted by Crippen LogP contribution is 2.33. The summed E-state index contributed by atoms with van der Waals surface area (Å²) in [6.45, 7) is 3.97. The molecule has 2 rings (SSSR count). The Morgan fingerprint density at radius 1 is 1.12 bits per heavy atom.